The molecule has 0 atom stereocenters. The molecule has 28 heavy (non-hydrogen) atoms. The largest absolute Gasteiger partial charge is 0.435 e. The predicted molar refractivity (Wildman–Crippen MR) is 108 cm³/mol. The molecule has 1 aliphatic rings. The third kappa shape index (κ3) is 6.40. The molecule has 0 amide bonds. The maximum Gasteiger partial charge on any atom is 0.387 e. The van der Waals surface area contributed by atoms with Crippen molar-refractivity contribution in [2.45, 2.75) is 19.7 Å². The molecule has 0 aliphatic carbocycles. The van der Waals surface area contributed by atoms with Gasteiger partial charge in [-0.15, -0.1) is 0 Å². The number of anilines is 1. The van der Waals surface area contributed by atoms with Gasteiger partial charge in [0.25, 0.3) is 0 Å². The molecule has 3 rings (SSSR count). The highest BCUT2D eigenvalue weighted by Crippen LogP contribution is 2.17. The summed E-state index contributed by atoms with van der Waals surface area (Å²) in [6, 6.07) is 14.5. The number of nitrogens with one attached hydrogen (secondary N) is 3. The minimum atomic E-state index is -2.83. The molecule has 2 aromatic rings. The summed E-state index contributed by atoms with van der Waals surface area (Å²) < 4.78 is 34.2. The van der Waals surface area contributed by atoms with Gasteiger partial charge in [-0.25, -0.2) is 0 Å². The van der Waals surface area contributed by atoms with Crippen LogP contribution in [-0.4, -0.2) is 38.0 Å². The molecule has 1 saturated heterocycles. The van der Waals surface area contributed by atoms with Crippen molar-refractivity contribution in [2.24, 2.45) is 0 Å². The van der Waals surface area contributed by atoms with E-state index in [4.69, 9.17) is 17.0 Å². The SMILES string of the molecule is FC(F)Oc1ccc(NC(=S)NCc2ccccc2C[NH+]2CCOCC2)cc1. The maximum atomic E-state index is 12.2. The molecule has 8 heteroatoms. The molecule has 3 N–H and O–H groups in total. The van der Waals surface area contributed by atoms with E-state index < -0.39 is 6.61 Å². The molecule has 0 radical (unpaired) electrons. The molecule has 0 aromatic heterocycles. The third-order valence-corrected chi connectivity index (χ3v) is 4.78. The van der Waals surface area contributed by atoms with Crippen LogP contribution in [0.2, 0.25) is 0 Å². The van der Waals surface area contributed by atoms with E-state index in [1.165, 1.54) is 28.2 Å². The molecule has 1 aliphatic heterocycles. The van der Waals surface area contributed by atoms with Crippen LogP contribution in [0.15, 0.2) is 48.5 Å². The Morgan fingerprint density at radius 2 is 1.75 bits per heavy atom. The van der Waals surface area contributed by atoms with Gasteiger partial charge in [0.15, 0.2) is 5.11 Å². The van der Waals surface area contributed by atoms with Gasteiger partial charge in [-0.2, -0.15) is 8.78 Å². The third-order valence-electron chi connectivity index (χ3n) is 4.54. The van der Waals surface area contributed by atoms with E-state index in [9.17, 15) is 8.78 Å². The van der Waals surface area contributed by atoms with E-state index >= 15 is 0 Å². The smallest absolute Gasteiger partial charge is 0.387 e. The van der Waals surface area contributed by atoms with E-state index in [1.807, 2.05) is 6.07 Å². The van der Waals surface area contributed by atoms with Crippen LogP contribution in [0.3, 0.4) is 0 Å². The molecule has 0 spiro atoms. The quantitative estimate of drug-likeness (QED) is 0.613. The van der Waals surface area contributed by atoms with Crippen molar-refractivity contribution in [3.05, 3.63) is 59.7 Å². The van der Waals surface area contributed by atoms with Crippen molar-refractivity contribution in [1.82, 2.24) is 5.32 Å². The number of thiocarbonyl (C=S) groups is 1. The molecule has 150 valence electrons. The molecule has 5 nitrogen and oxygen atoms in total. The lowest BCUT2D eigenvalue weighted by Gasteiger charge is -2.24. The summed E-state index contributed by atoms with van der Waals surface area (Å²) in [6.07, 6.45) is 0. The first kappa shape index (κ1) is 20.4. The summed E-state index contributed by atoms with van der Waals surface area (Å²) in [5, 5.41) is 6.72. The fourth-order valence-corrected chi connectivity index (χ4v) is 3.27. The summed E-state index contributed by atoms with van der Waals surface area (Å²) in [4.78, 5) is 1.52. The van der Waals surface area contributed by atoms with Crippen molar-refractivity contribution in [1.29, 1.82) is 0 Å². The minimum Gasteiger partial charge on any atom is -0.435 e. The van der Waals surface area contributed by atoms with Gasteiger partial charge in [-0.1, -0.05) is 24.3 Å². The number of quaternary nitrogens is 1. The van der Waals surface area contributed by atoms with Crippen LogP contribution in [-0.2, 0) is 17.8 Å². The Bertz CT molecular complexity index is 768. The number of hydrogen-bond acceptors (Lipinski definition) is 3. The average molecular weight is 408 g/mol. The molecule has 1 heterocycles. The van der Waals surface area contributed by atoms with E-state index in [-0.39, 0.29) is 5.75 Å². The van der Waals surface area contributed by atoms with E-state index in [1.54, 1.807) is 12.1 Å². The van der Waals surface area contributed by atoms with Crippen molar-refractivity contribution in [3.63, 3.8) is 0 Å². The number of morpholine rings is 1. The lowest BCUT2D eigenvalue weighted by Crippen LogP contribution is -3.12. The van der Waals surface area contributed by atoms with Gasteiger partial charge in [-0.3, -0.25) is 0 Å². The van der Waals surface area contributed by atoms with Crippen LogP contribution in [0, 0.1) is 0 Å². The van der Waals surface area contributed by atoms with Gasteiger partial charge in [0.2, 0.25) is 0 Å². The second-order valence-corrected chi connectivity index (χ2v) is 6.93. The Labute approximate surface area is 168 Å². The monoisotopic (exact) mass is 408 g/mol. The highest BCUT2D eigenvalue weighted by molar-refractivity contribution is 7.80. The second-order valence-electron chi connectivity index (χ2n) is 6.52. The fraction of sp³-hybridized carbons (Fsp3) is 0.350. The lowest BCUT2D eigenvalue weighted by molar-refractivity contribution is -0.921. The van der Waals surface area contributed by atoms with Crippen LogP contribution in [0.1, 0.15) is 11.1 Å². The Hall–Kier alpha value is -2.29. The normalized spacial score (nSPS) is 14.7. The van der Waals surface area contributed by atoms with Crippen LogP contribution < -0.4 is 20.3 Å². The number of rotatable bonds is 7. The van der Waals surface area contributed by atoms with E-state index in [2.05, 4.69) is 33.6 Å². The highest BCUT2D eigenvalue weighted by Gasteiger charge is 2.16. The fourth-order valence-electron chi connectivity index (χ4n) is 3.08. The first-order chi connectivity index (χ1) is 13.6. The first-order valence-corrected chi connectivity index (χ1v) is 9.59. The topological polar surface area (TPSA) is 47.0 Å². The van der Waals surface area contributed by atoms with Crippen molar-refractivity contribution in [2.75, 3.05) is 31.6 Å². The number of halogens is 2. The molecule has 0 saturated carbocycles. The lowest BCUT2D eigenvalue weighted by atomic mass is 10.1. The van der Waals surface area contributed by atoms with Crippen LogP contribution in [0.25, 0.3) is 0 Å². The van der Waals surface area contributed by atoms with Crippen molar-refractivity contribution >= 4 is 23.0 Å². The molecule has 1 fully saturated rings. The van der Waals surface area contributed by atoms with Gasteiger partial charge in [0.05, 0.1) is 13.2 Å². The van der Waals surface area contributed by atoms with Crippen LogP contribution >= 0.6 is 12.2 Å². The van der Waals surface area contributed by atoms with Gasteiger partial charge < -0.3 is 25.0 Å². The highest BCUT2D eigenvalue weighted by atomic mass is 32.1. The first-order valence-electron chi connectivity index (χ1n) is 9.18. The van der Waals surface area contributed by atoms with Crippen LogP contribution in [0.4, 0.5) is 14.5 Å². The standard InChI is InChI=1S/C20H23F2N3O2S/c21-19(22)27-18-7-5-17(6-8-18)24-20(28)23-13-15-3-1-2-4-16(15)14-25-9-11-26-12-10-25/h1-8,19H,9-14H2,(H2,23,24,28)/p+1. The summed E-state index contributed by atoms with van der Waals surface area (Å²) in [5.74, 6) is 0.110. The minimum absolute atomic E-state index is 0.110. The van der Waals surface area contributed by atoms with Crippen LogP contribution in [0.5, 0.6) is 5.75 Å². The Balaban J connectivity index is 1.51. The molecule has 0 unspecified atom stereocenters. The molecule has 2 aromatic carbocycles. The van der Waals surface area contributed by atoms with Gasteiger partial charge in [0, 0.05) is 17.8 Å². The number of benzene rings is 2. The zero-order valence-corrected chi connectivity index (χ0v) is 16.2. The maximum absolute atomic E-state index is 12.2. The number of ether oxygens (including phenoxy) is 2. The molecular formula is C20H24F2N3O2S+. The van der Waals surface area contributed by atoms with Gasteiger partial charge in [-0.05, 0) is 42.0 Å². The summed E-state index contributed by atoms with van der Waals surface area (Å²) in [5.41, 5.74) is 3.19. The second kappa shape index (κ2) is 10.3. The Kier molecular flexibility index (Phi) is 7.53. The Morgan fingerprint density at radius 3 is 2.43 bits per heavy atom. The van der Waals surface area contributed by atoms with E-state index in [0.717, 1.165) is 32.8 Å². The summed E-state index contributed by atoms with van der Waals surface area (Å²) in [7, 11) is 0. The Morgan fingerprint density at radius 1 is 1.07 bits per heavy atom. The summed E-state index contributed by atoms with van der Waals surface area (Å²) in [6.45, 7) is 2.40. The van der Waals surface area contributed by atoms with Gasteiger partial charge >= 0.3 is 6.61 Å². The average Bonchev–Trinajstić information content (AvgIpc) is 2.69. The van der Waals surface area contributed by atoms with Crippen molar-refractivity contribution < 1.29 is 23.2 Å². The van der Waals surface area contributed by atoms with Gasteiger partial charge in [0.1, 0.15) is 25.4 Å². The number of hydrogen-bond donors (Lipinski definition) is 3. The molecular weight excluding hydrogens is 384 g/mol. The predicted octanol–water partition coefficient (Wildman–Crippen LogP) is 2.19. The zero-order chi connectivity index (χ0) is 19.8. The van der Waals surface area contributed by atoms with Crippen molar-refractivity contribution in [3.8, 4) is 5.75 Å². The van der Waals surface area contributed by atoms with E-state index in [0.29, 0.717) is 17.3 Å². The summed E-state index contributed by atoms with van der Waals surface area (Å²) >= 11 is 5.35. The number of alkyl halides is 2. The zero-order valence-electron chi connectivity index (χ0n) is 15.4. The molecule has 0 bridgehead atoms.